The number of piperazine rings is 1. The Labute approximate surface area is 170 Å². The van der Waals surface area contributed by atoms with Gasteiger partial charge >= 0.3 is 0 Å². The van der Waals surface area contributed by atoms with Gasteiger partial charge in [-0.1, -0.05) is 13.8 Å². The van der Waals surface area contributed by atoms with E-state index in [0.717, 1.165) is 55.4 Å². The quantitative estimate of drug-likeness (QED) is 0.705. The first-order valence-corrected chi connectivity index (χ1v) is 8.85. The number of benzene rings is 1. The van der Waals surface area contributed by atoms with E-state index in [1.54, 1.807) is 21.3 Å². The third-order valence-corrected chi connectivity index (χ3v) is 4.70. The number of hydrogen-bond acceptors (Lipinski definition) is 5. The summed E-state index contributed by atoms with van der Waals surface area (Å²) in [6, 6.07) is 4.22. The summed E-state index contributed by atoms with van der Waals surface area (Å²) in [6.07, 6.45) is 2.27. The molecule has 0 bridgehead atoms. The van der Waals surface area contributed by atoms with E-state index in [4.69, 9.17) is 14.2 Å². The third-order valence-electron chi connectivity index (χ3n) is 4.70. The molecule has 7 heteroatoms. The molecule has 1 heterocycles. The normalized spacial score (nSPS) is 15.6. The SMILES string of the molecule is COc1cc(OC)c([C@@H](CCC(C)C)N2CCNCC2)c(OC)c1.Cl.Cl. The summed E-state index contributed by atoms with van der Waals surface area (Å²) < 4.78 is 16.8. The maximum Gasteiger partial charge on any atom is 0.131 e. The molecular weight excluding hydrogens is 375 g/mol. The van der Waals surface area contributed by atoms with Crippen LogP contribution in [-0.2, 0) is 0 Å². The fourth-order valence-corrected chi connectivity index (χ4v) is 3.36. The van der Waals surface area contributed by atoms with Crippen LogP contribution in [0.25, 0.3) is 0 Å². The van der Waals surface area contributed by atoms with Crippen LogP contribution in [0.4, 0.5) is 0 Å². The molecule has 1 N–H and O–H groups in total. The van der Waals surface area contributed by atoms with Gasteiger partial charge in [0.1, 0.15) is 17.2 Å². The Bertz CT molecular complexity index is 499. The summed E-state index contributed by atoms with van der Waals surface area (Å²) in [7, 11) is 5.10. The van der Waals surface area contributed by atoms with Crippen molar-refractivity contribution in [2.45, 2.75) is 32.7 Å². The van der Waals surface area contributed by atoms with Gasteiger partial charge in [-0.15, -0.1) is 24.8 Å². The molecule has 152 valence electrons. The zero-order valence-electron chi connectivity index (χ0n) is 16.5. The Hall–Kier alpha value is -0.880. The molecule has 5 nitrogen and oxygen atoms in total. The Morgan fingerprint density at radius 3 is 1.88 bits per heavy atom. The molecule has 1 aromatic rings. The molecule has 26 heavy (non-hydrogen) atoms. The van der Waals surface area contributed by atoms with Gasteiger partial charge in [0, 0.05) is 44.4 Å². The van der Waals surface area contributed by atoms with Crippen LogP contribution in [-0.4, -0.2) is 52.4 Å². The van der Waals surface area contributed by atoms with Gasteiger partial charge in [0.2, 0.25) is 0 Å². The molecule has 1 saturated heterocycles. The lowest BCUT2D eigenvalue weighted by Gasteiger charge is -2.37. The Balaban J connectivity index is 0.00000312. The van der Waals surface area contributed by atoms with Crippen molar-refractivity contribution >= 4 is 24.8 Å². The van der Waals surface area contributed by atoms with E-state index in [0.29, 0.717) is 12.0 Å². The van der Waals surface area contributed by atoms with Crippen molar-refractivity contribution in [1.82, 2.24) is 10.2 Å². The Morgan fingerprint density at radius 1 is 0.923 bits per heavy atom. The van der Waals surface area contributed by atoms with Gasteiger partial charge in [0.05, 0.1) is 26.9 Å². The van der Waals surface area contributed by atoms with Crippen LogP contribution < -0.4 is 19.5 Å². The van der Waals surface area contributed by atoms with Crippen molar-refractivity contribution in [3.63, 3.8) is 0 Å². The van der Waals surface area contributed by atoms with Crippen molar-refractivity contribution in [3.05, 3.63) is 17.7 Å². The molecule has 1 aliphatic heterocycles. The number of methoxy groups -OCH3 is 3. The van der Waals surface area contributed by atoms with Crippen LogP contribution >= 0.6 is 24.8 Å². The van der Waals surface area contributed by atoms with Crippen molar-refractivity contribution in [1.29, 1.82) is 0 Å². The molecular formula is C19H34Cl2N2O3. The minimum atomic E-state index is 0. The lowest BCUT2D eigenvalue weighted by atomic mass is 9.94. The fourth-order valence-electron chi connectivity index (χ4n) is 3.36. The maximum atomic E-state index is 5.71. The number of halogens is 2. The summed E-state index contributed by atoms with van der Waals surface area (Å²) in [5.41, 5.74) is 1.14. The number of nitrogens with zero attached hydrogens (tertiary/aromatic N) is 1. The van der Waals surface area contributed by atoms with E-state index < -0.39 is 0 Å². The average molecular weight is 409 g/mol. The van der Waals surface area contributed by atoms with Crippen LogP contribution in [0.15, 0.2) is 12.1 Å². The molecule has 0 radical (unpaired) electrons. The number of rotatable bonds is 8. The van der Waals surface area contributed by atoms with Crippen LogP contribution in [0.1, 0.15) is 38.3 Å². The van der Waals surface area contributed by atoms with Gasteiger partial charge in [-0.2, -0.15) is 0 Å². The first kappa shape index (κ1) is 25.1. The van der Waals surface area contributed by atoms with Crippen LogP contribution in [0.2, 0.25) is 0 Å². The number of hydrogen-bond donors (Lipinski definition) is 1. The standard InChI is InChI=1S/C19H32N2O3.2ClH/c1-14(2)6-7-16(21-10-8-20-9-11-21)19-17(23-4)12-15(22-3)13-18(19)24-5;;/h12-14,16,20H,6-11H2,1-5H3;2*1H/t16-;;/m1../s1. The maximum absolute atomic E-state index is 5.71. The average Bonchev–Trinajstić information content (AvgIpc) is 2.62. The topological polar surface area (TPSA) is 43.0 Å². The van der Waals surface area contributed by atoms with E-state index in [9.17, 15) is 0 Å². The van der Waals surface area contributed by atoms with Gasteiger partial charge in [-0.25, -0.2) is 0 Å². The zero-order chi connectivity index (χ0) is 17.5. The molecule has 2 rings (SSSR count). The predicted octanol–water partition coefficient (Wildman–Crippen LogP) is 3.94. The summed E-state index contributed by atoms with van der Waals surface area (Å²) in [5, 5.41) is 3.44. The van der Waals surface area contributed by atoms with Crippen LogP contribution in [0.5, 0.6) is 17.2 Å². The van der Waals surface area contributed by atoms with Gasteiger partial charge in [-0.3, -0.25) is 4.90 Å². The van der Waals surface area contributed by atoms with Gasteiger partial charge < -0.3 is 19.5 Å². The lowest BCUT2D eigenvalue weighted by molar-refractivity contribution is 0.154. The van der Waals surface area contributed by atoms with Crippen molar-refractivity contribution in [2.24, 2.45) is 5.92 Å². The molecule has 1 aromatic carbocycles. The molecule has 0 amide bonds. The largest absolute Gasteiger partial charge is 0.496 e. The van der Waals surface area contributed by atoms with E-state index in [1.165, 1.54) is 6.42 Å². The van der Waals surface area contributed by atoms with Crippen molar-refractivity contribution < 1.29 is 14.2 Å². The Kier molecular flexibility index (Phi) is 12.1. The second-order valence-electron chi connectivity index (χ2n) is 6.72. The second kappa shape index (κ2) is 12.5. The molecule has 0 aromatic heterocycles. The molecule has 0 spiro atoms. The highest BCUT2D eigenvalue weighted by Crippen LogP contribution is 2.42. The highest BCUT2D eigenvalue weighted by Gasteiger charge is 2.28. The monoisotopic (exact) mass is 408 g/mol. The summed E-state index contributed by atoms with van der Waals surface area (Å²) in [6.45, 7) is 8.69. The Morgan fingerprint density at radius 2 is 1.46 bits per heavy atom. The minimum Gasteiger partial charge on any atom is -0.496 e. The summed E-state index contributed by atoms with van der Waals surface area (Å²) in [4.78, 5) is 2.55. The smallest absolute Gasteiger partial charge is 0.131 e. The minimum absolute atomic E-state index is 0. The molecule has 1 fully saturated rings. The molecule has 0 unspecified atom stereocenters. The lowest BCUT2D eigenvalue weighted by Crippen LogP contribution is -2.45. The van der Waals surface area contributed by atoms with E-state index in [-0.39, 0.29) is 24.8 Å². The fraction of sp³-hybridized carbons (Fsp3) is 0.684. The number of nitrogens with one attached hydrogen (secondary N) is 1. The third kappa shape index (κ3) is 6.38. The van der Waals surface area contributed by atoms with Crippen molar-refractivity contribution in [2.75, 3.05) is 47.5 Å². The first-order valence-electron chi connectivity index (χ1n) is 8.85. The molecule has 0 aliphatic carbocycles. The highest BCUT2D eigenvalue weighted by molar-refractivity contribution is 5.85. The van der Waals surface area contributed by atoms with E-state index in [1.807, 2.05) is 12.1 Å². The summed E-state index contributed by atoms with van der Waals surface area (Å²) >= 11 is 0. The van der Waals surface area contributed by atoms with Crippen molar-refractivity contribution in [3.8, 4) is 17.2 Å². The summed E-state index contributed by atoms with van der Waals surface area (Å²) in [5.74, 6) is 3.12. The molecule has 0 saturated carbocycles. The second-order valence-corrected chi connectivity index (χ2v) is 6.72. The van der Waals surface area contributed by atoms with Gasteiger partial charge in [0.15, 0.2) is 0 Å². The zero-order valence-corrected chi connectivity index (χ0v) is 18.2. The van der Waals surface area contributed by atoms with Crippen LogP contribution in [0, 0.1) is 5.92 Å². The highest BCUT2D eigenvalue weighted by atomic mass is 35.5. The number of ether oxygens (including phenoxy) is 3. The molecule has 1 aliphatic rings. The van der Waals surface area contributed by atoms with E-state index in [2.05, 4.69) is 24.1 Å². The first-order chi connectivity index (χ1) is 11.6. The molecule has 1 atom stereocenters. The van der Waals surface area contributed by atoms with Crippen LogP contribution in [0.3, 0.4) is 0 Å². The van der Waals surface area contributed by atoms with Gasteiger partial charge in [0.25, 0.3) is 0 Å². The van der Waals surface area contributed by atoms with Gasteiger partial charge in [-0.05, 0) is 18.8 Å². The van der Waals surface area contributed by atoms with E-state index >= 15 is 0 Å². The predicted molar refractivity (Wildman–Crippen MR) is 112 cm³/mol.